The summed E-state index contributed by atoms with van der Waals surface area (Å²) in [5.74, 6) is -2.15. The van der Waals surface area contributed by atoms with E-state index in [1.54, 1.807) is 12.1 Å². The molecule has 1 spiro atoms. The summed E-state index contributed by atoms with van der Waals surface area (Å²) < 4.78 is 0. The minimum atomic E-state index is -1.41. The highest BCUT2D eigenvalue weighted by molar-refractivity contribution is 6.18. The lowest BCUT2D eigenvalue weighted by molar-refractivity contribution is -0.384. The highest BCUT2D eigenvalue weighted by Gasteiger charge is 2.70. The van der Waals surface area contributed by atoms with Gasteiger partial charge in [-0.15, -0.1) is 0 Å². The molecule has 0 radical (unpaired) electrons. The Balaban J connectivity index is 1.51. The highest BCUT2D eigenvalue weighted by atomic mass is 16.6. The van der Waals surface area contributed by atoms with Gasteiger partial charge in [-0.05, 0) is 42.3 Å². The molecule has 1 N–H and O–H groups in total. The number of aryl methyl sites for hydroxylation is 1. The van der Waals surface area contributed by atoms with Crippen LogP contribution in [0.25, 0.3) is 6.08 Å². The van der Waals surface area contributed by atoms with Crippen molar-refractivity contribution in [2.24, 2.45) is 5.92 Å². The quantitative estimate of drug-likeness (QED) is 0.191. The zero-order chi connectivity index (χ0) is 29.2. The molecule has 206 valence electrons. The van der Waals surface area contributed by atoms with Crippen molar-refractivity contribution in [3.63, 3.8) is 0 Å². The number of ketones is 2. The second-order valence-electron chi connectivity index (χ2n) is 11.0. The second kappa shape index (κ2) is 9.34. The van der Waals surface area contributed by atoms with Gasteiger partial charge >= 0.3 is 0 Å². The normalized spacial score (nSPS) is 23.2. The lowest BCUT2D eigenvalue weighted by atomic mass is 9.64. The number of nitrogens with one attached hydrogen (secondary N) is 1. The van der Waals surface area contributed by atoms with E-state index in [2.05, 4.69) is 5.32 Å². The lowest BCUT2D eigenvalue weighted by Gasteiger charge is -2.37. The van der Waals surface area contributed by atoms with Crippen LogP contribution >= 0.6 is 0 Å². The Labute approximate surface area is 241 Å². The van der Waals surface area contributed by atoms with E-state index in [0.29, 0.717) is 16.8 Å². The number of rotatable bonds is 5. The van der Waals surface area contributed by atoms with Crippen LogP contribution in [-0.4, -0.2) is 34.5 Å². The summed E-state index contributed by atoms with van der Waals surface area (Å²) in [6, 6.07) is 25.8. The molecule has 42 heavy (non-hydrogen) atoms. The number of Topliss-reactive ketones (excluding diaryl/α,β-unsaturated/α-hetero) is 2. The number of hydrogen-bond acceptors (Lipinski definition) is 6. The Morgan fingerprint density at radius 1 is 0.857 bits per heavy atom. The summed E-state index contributed by atoms with van der Waals surface area (Å²) in [7, 11) is 0. The molecule has 4 aromatic rings. The average molecular weight is 556 g/mol. The van der Waals surface area contributed by atoms with Crippen molar-refractivity contribution in [1.29, 1.82) is 0 Å². The van der Waals surface area contributed by atoms with E-state index >= 15 is 0 Å². The minimum absolute atomic E-state index is 0.144. The van der Waals surface area contributed by atoms with Crippen molar-refractivity contribution in [3.05, 3.63) is 141 Å². The molecule has 8 heteroatoms. The number of para-hydroxylation sites is 2. The molecular weight excluding hydrogens is 530 g/mol. The third-order valence-electron chi connectivity index (χ3n) is 8.79. The number of hydrogen-bond donors (Lipinski definition) is 1. The molecule has 4 atom stereocenters. The third-order valence-corrected chi connectivity index (χ3v) is 8.79. The van der Waals surface area contributed by atoms with E-state index in [-0.39, 0.29) is 28.7 Å². The van der Waals surface area contributed by atoms with E-state index in [0.717, 1.165) is 16.8 Å². The number of benzene rings is 4. The van der Waals surface area contributed by atoms with E-state index in [1.807, 2.05) is 84.6 Å². The topological polar surface area (TPSA) is 110 Å². The molecule has 3 aliphatic heterocycles. The predicted molar refractivity (Wildman–Crippen MR) is 159 cm³/mol. The van der Waals surface area contributed by atoms with E-state index in [4.69, 9.17) is 0 Å². The molecule has 0 saturated carbocycles. The number of carbonyl (C=O) groups excluding carboxylic acids is 3. The van der Waals surface area contributed by atoms with E-state index in [1.165, 1.54) is 24.3 Å². The van der Waals surface area contributed by atoms with Crippen LogP contribution in [0.4, 0.5) is 17.1 Å². The van der Waals surface area contributed by atoms with Crippen LogP contribution in [-0.2, 0) is 10.2 Å². The summed E-state index contributed by atoms with van der Waals surface area (Å²) in [6.45, 7) is 1.93. The number of nitro benzene ring substituents is 1. The number of anilines is 2. The Hall–Kier alpha value is -5.37. The van der Waals surface area contributed by atoms with Crippen LogP contribution in [0, 0.1) is 23.0 Å². The zero-order valence-electron chi connectivity index (χ0n) is 22.6. The van der Waals surface area contributed by atoms with Gasteiger partial charge in [0.25, 0.3) is 5.69 Å². The fourth-order valence-electron chi connectivity index (χ4n) is 6.94. The number of nitro groups is 1. The van der Waals surface area contributed by atoms with Crippen molar-refractivity contribution in [3.8, 4) is 0 Å². The van der Waals surface area contributed by atoms with Crippen molar-refractivity contribution in [2.75, 3.05) is 10.2 Å². The summed E-state index contributed by atoms with van der Waals surface area (Å²) in [6.07, 6.45) is 3.86. The Kier molecular flexibility index (Phi) is 5.69. The summed E-state index contributed by atoms with van der Waals surface area (Å²) in [5.41, 5.74) is 2.92. The number of amides is 1. The Bertz CT molecular complexity index is 1830. The van der Waals surface area contributed by atoms with Gasteiger partial charge in [0, 0.05) is 34.6 Å². The fraction of sp³-hybridized carbons (Fsp3) is 0.147. The molecule has 0 aromatic heterocycles. The molecule has 1 amide bonds. The maximum atomic E-state index is 14.7. The van der Waals surface area contributed by atoms with Crippen molar-refractivity contribution < 1.29 is 19.3 Å². The van der Waals surface area contributed by atoms with Crippen LogP contribution in [0.2, 0.25) is 0 Å². The monoisotopic (exact) mass is 555 g/mol. The van der Waals surface area contributed by atoms with Crippen LogP contribution in [0.1, 0.15) is 37.4 Å². The largest absolute Gasteiger partial charge is 0.352 e. The molecular formula is C34H25N3O5. The van der Waals surface area contributed by atoms with Gasteiger partial charge in [-0.3, -0.25) is 24.5 Å². The molecule has 0 bridgehead atoms. The van der Waals surface area contributed by atoms with Gasteiger partial charge in [0.1, 0.15) is 11.5 Å². The van der Waals surface area contributed by atoms with Crippen molar-refractivity contribution in [1.82, 2.24) is 0 Å². The Morgan fingerprint density at radius 2 is 1.50 bits per heavy atom. The van der Waals surface area contributed by atoms with Crippen LogP contribution in [0.15, 0.2) is 103 Å². The first-order valence-electron chi connectivity index (χ1n) is 13.7. The number of carbonyl (C=O) groups is 3. The molecule has 0 unspecified atom stereocenters. The number of fused-ring (bicyclic) bond motifs is 6. The fourth-order valence-corrected chi connectivity index (χ4v) is 6.94. The van der Waals surface area contributed by atoms with Gasteiger partial charge < -0.3 is 10.2 Å². The van der Waals surface area contributed by atoms with Crippen molar-refractivity contribution >= 4 is 40.6 Å². The Morgan fingerprint density at radius 3 is 2.24 bits per heavy atom. The molecule has 3 aliphatic rings. The average Bonchev–Trinajstić information content (AvgIpc) is 3.49. The summed E-state index contributed by atoms with van der Waals surface area (Å²) >= 11 is 0. The highest BCUT2D eigenvalue weighted by Crippen LogP contribution is 2.58. The minimum Gasteiger partial charge on any atom is -0.352 e. The van der Waals surface area contributed by atoms with Gasteiger partial charge in [-0.2, -0.15) is 0 Å². The van der Waals surface area contributed by atoms with Gasteiger partial charge in [0.15, 0.2) is 11.6 Å². The summed E-state index contributed by atoms with van der Waals surface area (Å²) in [4.78, 5) is 56.4. The molecule has 1 fully saturated rings. The van der Waals surface area contributed by atoms with Gasteiger partial charge in [-0.25, -0.2) is 0 Å². The van der Waals surface area contributed by atoms with Gasteiger partial charge in [-0.1, -0.05) is 78.4 Å². The smallest absolute Gasteiger partial charge is 0.269 e. The van der Waals surface area contributed by atoms with E-state index < -0.39 is 28.3 Å². The third kappa shape index (κ3) is 3.51. The summed E-state index contributed by atoms with van der Waals surface area (Å²) in [5, 5.41) is 14.3. The maximum absolute atomic E-state index is 14.7. The first kappa shape index (κ1) is 25.6. The van der Waals surface area contributed by atoms with Gasteiger partial charge in [0.05, 0.1) is 16.9 Å². The maximum Gasteiger partial charge on any atom is 0.269 e. The molecule has 4 aromatic carbocycles. The number of nitrogens with zero attached hydrogens (tertiary/aromatic N) is 2. The molecule has 7 rings (SSSR count). The van der Waals surface area contributed by atoms with Crippen LogP contribution in [0.5, 0.6) is 0 Å². The zero-order valence-corrected chi connectivity index (χ0v) is 22.6. The number of non-ortho nitro benzene ring substituents is 1. The SMILES string of the molecule is Cc1ccc(C(=O)[C@@H]2[C@H](C(=O)c3ccc([N+](=O)[O-])cc3)N3c4ccccc4C=C[C@@H]3[C@@]23C(=O)Nc2ccccc23)cc1. The molecule has 1 saturated heterocycles. The van der Waals surface area contributed by atoms with Gasteiger partial charge in [0.2, 0.25) is 5.91 Å². The first-order chi connectivity index (χ1) is 20.3. The van der Waals surface area contributed by atoms with E-state index in [9.17, 15) is 24.5 Å². The molecule has 0 aliphatic carbocycles. The van der Waals surface area contributed by atoms with Crippen molar-refractivity contribution in [2.45, 2.75) is 24.4 Å². The molecule has 3 heterocycles. The standard InChI is InChI=1S/C34H25N3O5/c1-20-10-12-22(13-11-20)31(38)29-30(32(39)23-14-17-24(18-15-23)37(41)42)36-27-9-5-2-6-21(27)16-19-28(36)34(29)25-7-3-4-8-26(25)35-33(34)40/h2-19,28-30H,1H3,(H,35,40)/t28-,29+,30-,34-/m1/s1. The first-order valence-corrected chi connectivity index (χ1v) is 13.7. The molecule has 8 nitrogen and oxygen atoms in total. The van der Waals surface area contributed by atoms with Crippen LogP contribution in [0.3, 0.4) is 0 Å². The lowest BCUT2D eigenvalue weighted by Crippen LogP contribution is -2.51. The second-order valence-corrected chi connectivity index (χ2v) is 11.0. The van der Waals surface area contributed by atoms with Crippen LogP contribution < -0.4 is 10.2 Å². The predicted octanol–water partition coefficient (Wildman–Crippen LogP) is 5.76.